The molecule has 2 amide bonds. The topological polar surface area (TPSA) is 303 Å². The fourth-order valence-electron chi connectivity index (χ4n) is 6.68. The summed E-state index contributed by atoms with van der Waals surface area (Å²) in [6.45, 7) is -0.363. The van der Waals surface area contributed by atoms with Gasteiger partial charge in [0.25, 0.3) is 5.56 Å². The minimum Gasteiger partial charge on any atom is -0.508 e. The largest absolute Gasteiger partial charge is 0.508 e. The Hall–Kier alpha value is -5.40. The molecular formula is C42H52FN3O18S. The number of Topliss-reactive ketones (excluding diaryl/α,β-unsaturated/α-hetero) is 1. The van der Waals surface area contributed by atoms with Crippen molar-refractivity contribution in [3.8, 4) is 23.0 Å². The van der Waals surface area contributed by atoms with Gasteiger partial charge in [-0.25, -0.2) is 4.79 Å². The third kappa shape index (κ3) is 14.5. The van der Waals surface area contributed by atoms with Gasteiger partial charge in [-0.15, -0.1) is 11.8 Å². The van der Waals surface area contributed by atoms with Crippen molar-refractivity contribution in [3.05, 3.63) is 80.4 Å². The van der Waals surface area contributed by atoms with E-state index in [4.69, 9.17) is 28.4 Å². The van der Waals surface area contributed by atoms with Crippen LogP contribution in [0.2, 0.25) is 0 Å². The van der Waals surface area contributed by atoms with Gasteiger partial charge in [0.05, 0.1) is 44.5 Å². The Morgan fingerprint density at radius 1 is 0.892 bits per heavy atom. The number of esters is 1. The lowest BCUT2D eigenvalue weighted by Crippen LogP contribution is -2.60. The Kier molecular flexibility index (Phi) is 19.3. The average molecular weight is 938 g/mol. The number of hydrogen-bond acceptors (Lipinski definition) is 19. The van der Waals surface area contributed by atoms with Gasteiger partial charge in [-0.3, -0.25) is 38.4 Å². The Bertz CT molecular complexity index is 2200. The molecule has 21 nitrogen and oxygen atoms in total. The summed E-state index contributed by atoms with van der Waals surface area (Å²) < 4.78 is 47.1. The van der Waals surface area contributed by atoms with Gasteiger partial charge >= 0.3 is 11.7 Å². The number of nitrogens with one attached hydrogen (secondary N) is 1. The third-order valence-electron chi connectivity index (χ3n) is 10.2. The van der Waals surface area contributed by atoms with Crippen LogP contribution >= 0.6 is 11.8 Å². The van der Waals surface area contributed by atoms with Crippen molar-refractivity contribution in [3.63, 3.8) is 0 Å². The molecule has 0 saturated carbocycles. The highest BCUT2D eigenvalue weighted by Gasteiger charge is 2.45. The SMILES string of the molecule is O=C(CCCCCN1C(=O)CC(SCCOCCOCCOc2cc(O)c(C(=O)CCc3ccc(O)cc3)c(O[C@@H]3O[C@H](CO)[C@@H](O)[C@H](O)[C@H]3O)c2)C1=O)OCn1cc(F)c(=O)[nH]c1=O. The number of unbranched alkanes of at least 4 members (excludes halogenated alkanes) is 2. The van der Waals surface area contributed by atoms with E-state index in [2.05, 4.69) is 0 Å². The number of aryl methyl sites for hydroxylation is 1. The number of aromatic hydroxyl groups is 2. The number of thioether (sulfide) groups is 1. The molecule has 356 valence electrons. The van der Waals surface area contributed by atoms with E-state index in [0.29, 0.717) is 35.8 Å². The number of phenolic OH excluding ortho intramolecular Hbond substituents is 2. The lowest BCUT2D eigenvalue weighted by atomic mass is 9.99. The maximum Gasteiger partial charge on any atom is 0.331 e. The molecule has 0 radical (unpaired) electrons. The average Bonchev–Trinajstić information content (AvgIpc) is 3.54. The van der Waals surface area contributed by atoms with E-state index in [-0.39, 0.29) is 99.9 Å². The van der Waals surface area contributed by atoms with Gasteiger partial charge in [-0.1, -0.05) is 18.6 Å². The number of aliphatic hydroxyl groups excluding tert-OH is 4. The minimum absolute atomic E-state index is 0.00841. The molecule has 2 fully saturated rings. The molecule has 2 saturated heterocycles. The molecule has 3 aromatic rings. The van der Waals surface area contributed by atoms with Gasteiger partial charge in [0, 0.05) is 43.7 Å². The zero-order chi connectivity index (χ0) is 47.0. The van der Waals surface area contributed by atoms with E-state index in [1.807, 2.05) is 0 Å². The second-order valence-corrected chi connectivity index (χ2v) is 16.2. The zero-order valence-electron chi connectivity index (χ0n) is 35.1. The normalized spacial score (nSPS) is 20.8. The smallest absolute Gasteiger partial charge is 0.331 e. The summed E-state index contributed by atoms with van der Waals surface area (Å²) >= 11 is 1.30. The van der Waals surface area contributed by atoms with Crippen LogP contribution in [0, 0.1) is 5.82 Å². The maximum atomic E-state index is 13.4. The van der Waals surface area contributed by atoms with Crippen LogP contribution in [0.4, 0.5) is 4.39 Å². The van der Waals surface area contributed by atoms with Crippen LogP contribution in [0.1, 0.15) is 54.4 Å². The summed E-state index contributed by atoms with van der Waals surface area (Å²) in [7, 11) is 0. The number of benzene rings is 2. The van der Waals surface area contributed by atoms with E-state index < -0.39 is 83.9 Å². The Morgan fingerprint density at radius 2 is 1.62 bits per heavy atom. The van der Waals surface area contributed by atoms with Crippen LogP contribution in [0.15, 0.2) is 52.2 Å². The number of rotatable bonds is 26. The van der Waals surface area contributed by atoms with Crippen molar-refractivity contribution in [2.75, 3.05) is 51.9 Å². The minimum atomic E-state index is -1.80. The number of H-pyrrole nitrogens is 1. The van der Waals surface area contributed by atoms with Crippen molar-refractivity contribution >= 4 is 35.3 Å². The Labute approximate surface area is 374 Å². The highest BCUT2D eigenvalue weighted by Crippen LogP contribution is 2.37. The first-order valence-corrected chi connectivity index (χ1v) is 21.8. The van der Waals surface area contributed by atoms with Gasteiger partial charge in [0.2, 0.25) is 23.9 Å². The number of likely N-dealkylation sites (tertiary alicyclic amines) is 1. The van der Waals surface area contributed by atoms with Crippen molar-refractivity contribution in [1.29, 1.82) is 0 Å². The fourth-order valence-corrected chi connectivity index (χ4v) is 7.71. The van der Waals surface area contributed by atoms with E-state index in [9.17, 15) is 63.8 Å². The van der Waals surface area contributed by atoms with Gasteiger partial charge in [-0.05, 0) is 37.0 Å². The van der Waals surface area contributed by atoms with Gasteiger partial charge in [0.15, 0.2) is 12.5 Å². The predicted octanol–water partition coefficient (Wildman–Crippen LogP) is 0.115. The summed E-state index contributed by atoms with van der Waals surface area (Å²) in [5.41, 5.74) is -1.64. The molecule has 6 atom stereocenters. The first-order chi connectivity index (χ1) is 31.2. The highest BCUT2D eigenvalue weighted by atomic mass is 32.2. The predicted molar refractivity (Wildman–Crippen MR) is 224 cm³/mol. The number of ether oxygens (including phenoxy) is 6. The summed E-state index contributed by atoms with van der Waals surface area (Å²) in [5.74, 6) is -3.22. The van der Waals surface area contributed by atoms with E-state index >= 15 is 0 Å². The molecule has 0 bridgehead atoms. The van der Waals surface area contributed by atoms with Crippen LogP contribution in [-0.2, 0) is 46.5 Å². The summed E-state index contributed by atoms with van der Waals surface area (Å²) in [4.78, 5) is 76.5. The second-order valence-electron chi connectivity index (χ2n) is 14.9. The molecule has 2 aliphatic heterocycles. The summed E-state index contributed by atoms with van der Waals surface area (Å²) in [5, 5.41) is 60.6. The van der Waals surface area contributed by atoms with Crippen molar-refractivity contribution < 1.29 is 82.6 Å². The van der Waals surface area contributed by atoms with Crippen molar-refractivity contribution in [2.45, 2.75) is 87.6 Å². The Balaban J connectivity index is 0.977. The number of aromatic nitrogens is 2. The third-order valence-corrected chi connectivity index (χ3v) is 11.4. The molecule has 2 aliphatic rings. The number of amides is 2. The lowest BCUT2D eigenvalue weighted by Gasteiger charge is -2.39. The second kappa shape index (κ2) is 24.8. The highest BCUT2D eigenvalue weighted by molar-refractivity contribution is 8.00. The molecule has 23 heteroatoms. The molecule has 5 rings (SSSR count). The Morgan fingerprint density at radius 3 is 2.35 bits per heavy atom. The quantitative estimate of drug-likeness (QED) is 0.0243. The molecule has 65 heavy (non-hydrogen) atoms. The van der Waals surface area contributed by atoms with Crippen molar-refractivity contribution in [1.82, 2.24) is 14.5 Å². The number of nitrogens with zero attached hydrogens (tertiary/aromatic N) is 2. The van der Waals surface area contributed by atoms with E-state index in [1.165, 1.54) is 40.9 Å². The summed E-state index contributed by atoms with van der Waals surface area (Å²) in [6.07, 6.45) is -5.98. The lowest BCUT2D eigenvalue weighted by molar-refractivity contribution is -0.277. The molecule has 7 N–H and O–H groups in total. The van der Waals surface area contributed by atoms with Crippen molar-refractivity contribution in [2.24, 2.45) is 0 Å². The maximum absolute atomic E-state index is 13.4. The van der Waals surface area contributed by atoms with Crippen LogP contribution in [0.25, 0.3) is 0 Å². The summed E-state index contributed by atoms with van der Waals surface area (Å²) in [6, 6.07) is 8.69. The zero-order valence-corrected chi connectivity index (χ0v) is 35.9. The monoisotopic (exact) mass is 937 g/mol. The molecular weight excluding hydrogens is 886 g/mol. The number of hydrogen-bond donors (Lipinski definition) is 7. The van der Waals surface area contributed by atoms with Crippen LogP contribution in [0.5, 0.6) is 23.0 Å². The first kappa shape index (κ1) is 50.6. The standard InChI is InChI=1S/C42H52FN3O18S/c43-27-21-45(42(58)44-39(27)56)23-62-34(52)4-2-1-3-11-46-33(51)20-32(40(46)57)65-17-16-60-13-12-59-14-15-61-26-18-29(50)35(28(49)10-7-24-5-8-25(48)9-6-24)30(19-26)63-41-38(55)37(54)36(53)31(22-47)64-41/h5-6,8-9,18-19,21,31-32,36-38,41,47-48,50,53-55H,1-4,7,10-17,20,22-23H2,(H,44,56,58)/t31-,32?,36-,37+,38-,41-/m1/s1. The van der Waals surface area contributed by atoms with Gasteiger partial charge < -0.3 is 59.1 Å². The van der Waals surface area contributed by atoms with Gasteiger partial charge in [0.1, 0.15) is 59.6 Å². The number of halogens is 1. The number of aliphatic hydroxyl groups is 4. The molecule has 0 aliphatic carbocycles. The molecule has 2 aromatic carbocycles. The van der Waals surface area contributed by atoms with E-state index in [0.717, 1.165) is 5.56 Å². The number of phenols is 2. The van der Waals surface area contributed by atoms with Crippen LogP contribution < -0.4 is 20.7 Å². The van der Waals surface area contributed by atoms with E-state index in [1.54, 1.807) is 17.1 Å². The fraction of sp³-hybridized carbons (Fsp3) is 0.524. The molecule has 1 unspecified atom stereocenters. The molecule has 3 heterocycles. The number of aromatic amines is 1. The number of ketones is 1. The number of carbonyl (C=O) groups excluding carboxylic acids is 4. The van der Waals surface area contributed by atoms with Crippen LogP contribution in [0.3, 0.4) is 0 Å². The first-order valence-electron chi connectivity index (χ1n) is 20.7. The molecule has 1 aromatic heterocycles. The molecule has 0 spiro atoms. The number of carbonyl (C=O) groups is 4. The van der Waals surface area contributed by atoms with Crippen LogP contribution in [-0.4, -0.2) is 157 Å². The van der Waals surface area contributed by atoms with Gasteiger partial charge in [-0.2, -0.15) is 4.39 Å². The number of imide groups is 1.